The largest absolute Gasteiger partial charge is 0.493 e. The SMILES string of the molecule is Oc1cc(-c2ccc(C(F)(F)F)cc2)nn1-c1nc2cc(Cl)ccc2[nH]1. The second kappa shape index (κ2) is 5.77. The van der Waals surface area contributed by atoms with Gasteiger partial charge in [0.05, 0.1) is 22.3 Å². The lowest BCUT2D eigenvalue weighted by atomic mass is 10.1. The Bertz CT molecular complexity index is 1100. The number of nitrogens with zero attached hydrogens (tertiary/aromatic N) is 3. The van der Waals surface area contributed by atoms with Crippen molar-refractivity contribution in [3.05, 3.63) is 59.1 Å². The van der Waals surface area contributed by atoms with Crippen LogP contribution >= 0.6 is 11.6 Å². The molecule has 0 saturated heterocycles. The van der Waals surface area contributed by atoms with Gasteiger partial charge in [-0.3, -0.25) is 0 Å². The number of hydrogen-bond acceptors (Lipinski definition) is 3. The van der Waals surface area contributed by atoms with Crippen molar-refractivity contribution < 1.29 is 18.3 Å². The summed E-state index contributed by atoms with van der Waals surface area (Å²) in [7, 11) is 0. The molecular weight excluding hydrogens is 369 g/mol. The molecule has 0 radical (unpaired) electrons. The first-order valence-corrected chi connectivity index (χ1v) is 7.81. The third-order valence-corrected chi connectivity index (χ3v) is 4.07. The quantitative estimate of drug-likeness (QED) is 0.527. The number of hydrogen-bond donors (Lipinski definition) is 2. The van der Waals surface area contributed by atoms with Crippen molar-refractivity contribution in [2.75, 3.05) is 0 Å². The first-order valence-electron chi connectivity index (χ1n) is 7.43. The zero-order valence-corrected chi connectivity index (χ0v) is 13.7. The van der Waals surface area contributed by atoms with Gasteiger partial charge in [0.1, 0.15) is 0 Å². The molecule has 0 bridgehead atoms. The van der Waals surface area contributed by atoms with Gasteiger partial charge in [-0.2, -0.15) is 23.0 Å². The van der Waals surface area contributed by atoms with Crippen molar-refractivity contribution in [3.63, 3.8) is 0 Å². The van der Waals surface area contributed by atoms with Crippen LogP contribution in [-0.2, 0) is 6.18 Å². The molecular formula is C17H10ClF3N4O. The van der Waals surface area contributed by atoms with Gasteiger partial charge in [0.15, 0.2) is 0 Å². The van der Waals surface area contributed by atoms with Gasteiger partial charge in [0, 0.05) is 16.7 Å². The average Bonchev–Trinajstić information content (AvgIpc) is 3.17. The fourth-order valence-electron chi connectivity index (χ4n) is 2.56. The van der Waals surface area contributed by atoms with E-state index in [4.69, 9.17) is 11.6 Å². The molecule has 2 aromatic heterocycles. The molecule has 0 saturated carbocycles. The number of aromatic hydroxyl groups is 1. The van der Waals surface area contributed by atoms with Crippen molar-refractivity contribution in [2.45, 2.75) is 6.18 Å². The fourth-order valence-corrected chi connectivity index (χ4v) is 2.73. The molecule has 132 valence electrons. The summed E-state index contributed by atoms with van der Waals surface area (Å²) in [5, 5.41) is 14.9. The summed E-state index contributed by atoms with van der Waals surface area (Å²) in [5.41, 5.74) is 1.30. The Morgan fingerprint density at radius 1 is 1.04 bits per heavy atom. The molecule has 0 aliphatic rings. The molecule has 5 nitrogen and oxygen atoms in total. The molecule has 26 heavy (non-hydrogen) atoms. The summed E-state index contributed by atoms with van der Waals surface area (Å²) in [4.78, 5) is 7.31. The van der Waals surface area contributed by atoms with Crippen LogP contribution in [0.25, 0.3) is 28.2 Å². The van der Waals surface area contributed by atoms with E-state index >= 15 is 0 Å². The summed E-state index contributed by atoms with van der Waals surface area (Å²) in [6, 6.07) is 11.0. The summed E-state index contributed by atoms with van der Waals surface area (Å²) >= 11 is 5.93. The van der Waals surface area contributed by atoms with E-state index in [1.807, 2.05) is 0 Å². The van der Waals surface area contributed by atoms with E-state index in [1.54, 1.807) is 18.2 Å². The summed E-state index contributed by atoms with van der Waals surface area (Å²) in [6.45, 7) is 0. The van der Waals surface area contributed by atoms with Gasteiger partial charge in [-0.05, 0) is 30.3 Å². The fraction of sp³-hybridized carbons (Fsp3) is 0.0588. The van der Waals surface area contributed by atoms with Gasteiger partial charge < -0.3 is 10.1 Å². The molecule has 0 spiro atoms. The minimum atomic E-state index is -4.41. The van der Waals surface area contributed by atoms with Crippen LogP contribution < -0.4 is 0 Å². The Balaban J connectivity index is 1.72. The second-order valence-corrected chi connectivity index (χ2v) is 6.03. The van der Waals surface area contributed by atoms with Gasteiger partial charge >= 0.3 is 6.18 Å². The molecule has 2 heterocycles. The van der Waals surface area contributed by atoms with Crippen LogP contribution in [0.4, 0.5) is 13.2 Å². The first kappa shape index (κ1) is 16.5. The summed E-state index contributed by atoms with van der Waals surface area (Å²) in [5.74, 6) is 0.0583. The third-order valence-electron chi connectivity index (χ3n) is 3.83. The van der Waals surface area contributed by atoms with Crippen molar-refractivity contribution in [3.8, 4) is 23.1 Å². The van der Waals surface area contributed by atoms with Gasteiger partial charge in [-0.25, -0.2) is 4.98 Å². The highest BCUT2D eigenvalue weighted by Crippen LogP contribution is 2.32. The highest BCUT2D eigenvalue weighted by Gasteiger charge is 2.30. The number of alkyl halides is 3. The Morgan fingerprint density at radius 2 is 1.77 bits per heavy atom. The van der Waals surface area contributed by atoms with Crippen LogP contribution in [0.3, 0.4) is 0 Å². The van der Waals surface area contributed by atoms with E-state index in [0.29, 0.717) is 27.3 Å². The minimum absolute atomic E-state index is 0.204. The maximum atomic E-state index is 12.7. The average molecular weight is 379 g/mol. The number of nitrogens with one attached hydrogen (secondary N) is 1. The van der Waals surface area contributed by atoms with Crippen LogP contribution in [0.2, 0.25) is 5.02 Å². The number of halogens is 4. The maximum absolute atomic E-state index is 12.7. The van der Waals surface area contributed by atoms with E-state index in [2.05, 4.69) is 15.1 Å². The smallest absolute Gasteiger partial charge is 0.416 e. The van der Waals surface area contributed by atoms with E-state index in [9.17, 15) is 18.3 Å². The predicted molar refractivity (Wildman–Crippen MR) is 90.3 cm³/mol. The molecule has 0 unspecified atom stereocenters. The lowest BCUT2D eigenvalue weighted by Gasteiger charge is -2.06. The highest BCUT2D eigenvalue weighted by atomic mass is 35.5. The number of imidazole rings is 1. The van der Waals surface area contributed by atoms with Crippen molar-refractivity contribution in [1.29, 1.82) is 0 Å². The minimum Gasteiger partial charge on any atom is -0.493 e. The van der Waals surface area contributed by atoms with Crippen LogP contribution in [-0.4, -0.2) is 24.9 Å². The van der Waals surface area contributed by atoms with Crippen molar-refractivity contribution in [1.82, 2.24) is 19.7 Å². The number of aromatic amines is 1. The van der Waals surface area contributed by atoms with Crippen LogP contribution in [0, 0.1) is 0 Å². The molecule has 9 heteroatoms. The molecule has 0 amide bonds. The third kappa shape index (κ3) is 2.88. The molecule has 0 fully saturated rings. The van der Waals surface area contributed by atoms with E-state index < -0.39 is 11.7 Å². The predicted octanol–water partition coefficient (Wildman–Crippen LogP) is 4.79. The number of benzene rings is 2. The number of H-pyrrole nitrogens is 1. The van der Waals surface area contributed by atoms with Crippen LogP contribution in [0.1, 0.15) is 5.56 Å². The number of rotatable bonds is 2. The van der Waals surface area contributed by atoms with E-state index in [-0.39, 0.29) is 11.8 Å². The Labute approximate surface area is 149 Å². The summed E-state index contributed by atoms with van der Waals surface area (Å²) in [6.07, 6.45) is -4.41. The van der Waals surface area contributed by atoms with Crippen molar-refractivity contribution >= 4 is 22.6 Å². The lowest BCUT2D eigenvalue weighted by Crippen LogP contribution is -2.04. The number of aromatic nitrogens is 4. The highest BCUT2D eigenvalue weighted by molar-refractivity contribution is 6.31. The molecule has 0 atom stereocenters. The van der Waals surface area contributed by atoms with Gasteiger partial charge in [0.2, 0.25) is 11.8 Å². The van der Waals surface area contributed by atoms with E-state index in [1.165, 1.54) is 22.9 Å². The lowest BCUT2D eigenvalue weighted by molar-refractivity contribution is -0.137. The standard InChI is InChI=1S/C17H10ClF3N4O/c18-11-5-6-12-14(7-11)23-16(22-12)25-15(26)8-13(24-25)9-1-3-10(4-2-9)17(19,20)21/h1-8,26H,(H,22,23). The topological polar surface area (TPSA) is 66.7 Å². The first-order chi connectivity index (χ1) is 12.3. The zero-order valence-electron chi connectivity index (χ0n) is 12.9. The zero-order chi connectivity index (χ0) is 18.5. The Morgan fingerprint density at radius 3 is 2.46 bits per heavy atom. The Hall–Kier alpha value is -3.00. The second-order valence-electron chi connectivity index (χ2n) is 5.60. The van der Waals surface area contributed by atoms with Gasteiger partial charge in [0.25, 0.3) is 0 Å². The van der Waals surface area contributed by atoms with Gasteiger partial charge in [-0.1, -0.05) is 23.7 Å². The molecule has 2 aromatic carbocycles. The normalized spacial score (nSPS) is 12.0. The monoisotopic (exact) mass is 378 g/mol. The van der Waals surface area contributed by atoms with Crippen molar-refractivity contribution in [2.24, 2.45) is 0 Å². The van der Waals surface area contributed by atoms with Gasteiger partial charge in [-0.15, -0.1) is 0 Å². The molecule has 0 aliphatic carbocycles. The van der Waals surface area contributed by atoms with Crippen LogP contribution in [0.15, 0.2) is 48.5 Å². The van der Waals surface area contributed by atoms with Crippen LogP contribution in [0.5, 0.6) is 5.88 Å². The Kier molecular flexibility index (Phi) is 3.66. The number of fused-ring (bicyclic) bond motifs is 1. The molecule has 4 rings (SSSR count). The van der Waals surface area contributed by atoms with E-state index in [0.717, 1.165) is 12.1 Å². The molecule has 2 N–H and O–H groups in total. The molecule has 0 aliphatic heterocycles. The molecule has 4 aromatic rings. The maximum Gasteiger partial charge on any atom is 0.416 e. The summed E-state index contributed by atoms with van der Waals surface area (Å²) < 4.78 is 39.1.